The first kappa shape index (κ1) is 23.3. The third-order valence-electron chi connectivity index (χ3n) is 6.31. The number of nitrogens with zero attached hydrogens (tertiary/aromatic N) is 2. The molecule has 2 unspecified atom stereocenters. The fourth-order valence-corrected chi connectivity index (χ4v) is 4.61. The summed E-state index contributed by atoms with van der Waals surface area (Å²) in [7, 11) is 0. The van der Waals surface area contributed by atoms with Gasteiger partial charge in [0.1, 0.15) is 6.04 Å². The summed E-state index contributed by atoms with van der Waals surface area (Å²) in [6.45, 7) is 7.59. The van der Waals surface area contributed by atoms with Gasteiger partial charge in [0.2, 0.25) is 17.7 Å². The SMILES string of the molecule is CC(C)CC(=O)N1Cc2ccccc2CC1C(=O)NCCCN1CCCC(C(N)=O)C1. The molecule has 2 atom stereocenters. The number of carbonyl (C=O) groups excluding carboxylic acids is 3. The standard InChI is InChI=1S/C24H36N4O3/c1-17(2)13-22(29)28-16-19-8-4-3-7-18(19)14-21(28)24(31)26-10-6-12-27-11-5-9-20(15-27)23(25)30/h3-4,7-8,17,20-21H,5-6,9-16H2,1-2H3,(H2,25,30)(H,26,31). The maximum absolute atomic E-state index is 13.0. The van der Waals surface area contributed by atoms with E-state index in [1.807, 2.05) is 38.1 Å². The van der Waals surface area contributed by atoms with Crippen LogP contribution in [0.4, 0.5) is 0 Å². The highest BCUT2D eigenvalue weighted by Gasteiger charge is 2.34. The highest BCUT2D eigenvalue weighted by molar-refractivity contribution is 5.88. The van der Waals surface area contributed by atoms with Crippen molar-refractivity contribution < 1.29 is 14.4 Å². The number of piperidine rings is 1. The van der Waals surface area contributed by atoms with Gasteiger partial charge in [0.05, 0.1) is 5.92 Å². The molecule has 0 radical (unpaired) electrons. The molecular formula is C24H36N4O3. The van der Waals surface area contributed by atoms with Crippen molar-refractivity contribution in [2.45, 2.75) is 58.5 Å². The Balaban J connectivity index is 1.54. The van der Waals surface area contributed by atoms with Crippen LogP contribution >= 0.6 is 0 Å². The summed E-state index contributed by atoms with van der Waals surface area (Å²) in [6.07, 6.45) is 3.65. The summed E-state index contributed by atoms with van der Waals surface area (Å²) in [5.41, 5.74) is 7.72. The Hall–Kier alpha value is -2.41. The van der Waals surface area contributed by atoms with E-state index in [1.54, 1.807) is 4.90 Å². The first-order chi connectivity index (χ1) is 14.8. The minimum Gasteiger partial charge on any atom is -0.369 e. The first-order valence-electron chi connectivity index (χ1n) is 11.5. The Morgan fingerprint density at radius 3 is 2.65 bits per heavy atom. The van der Waals surface area contributed by atoms with Crippen LogP contribution in [0.15, 0.2) is 24.3 Å². The van der Waals surface area contributed by atoms with E-state index in [2.05, 4.69) is 10.2 Å². The molecule has 3 rings (SSSR count). The second-order valence-electron chi connectivity index (χ2n) is 9.29. The average Bonchev–Trinajstić information content (AvgIpc) is 2.75. The van der Waals surface area contributed by atoms with Gasteiger partial charge in [-0.05, 0) is 49.4 Å². The molecule has 1 aromatic rings. The molecule has 170 valence electrons. The number of benzene rings is 1. The summed E-state index contributed by atoms with van der Waals surface area (Å²) >= 11 is 0. The quantitative estimate of drug-likeness (QED) is 0.616. The molecule has 0 bridgehead atoms. The summed E-state index contributed by atoms with van der Waals surface area (Å²) in [4.78, 5) is 41.3. The van der Waals surface area contributed by atoms with Crippen molar-refractivity contribution in [2.24, 2.45) is 17.6 Å². The van der Waals surface area contributed by atoms with Gasteiger partial charge in [-0.25, -0.2) is 0 Å². The number of primary amides is 1. The van der Waals surface area contributed by atoms with Crippen LogP contribution in [-0.4, -0.2) is 59.7 Å². The molecule has 2 heterocycles. The van der Waals surface area contributed by atoms with E-state index in [1.165, 1.54) is 0 Å². The van der Waals surface area contributed by atoms with Crippen LogP contribution in [0.25, 0.3) is 0 Å². The maximum Gasteiger partial charge on any atom is 0.243 e. The van der Waals surface area contributed by atoms with Crippen LogP contribution < -0.4 is 11.1 Å². The van der Waals surface area contributed by atoms with Gasteiger partial charge < -0.3 is 20.9 Å². The molecule has 1 aromatic carbocycles. The Bertz CT molecular complexity index is 795. The average molecular weight is 429 g/mol. The Morgan fingerprint density at radius 1 is 1.19 bits per heavy atom. The second-order valence-corrected chi connectivity index (χ2v) is 9.29. The monoisotopic (exact) mass is 428 g/mol. The Labute approximate surface area is 185 Å². The summed E-state index contributed by atoms with van der Waals surface area (Å²) in [5, 5.41) is 3.04. The lowest BCUT2D eigenvalue weighted by Gasteiger charge is -2.36. The van der Waals surface area contributed by atoms with E-state index in [-0.39, 0.29) is 29.6 Å². The number of likely N-dealkylation sites (tertiary alicyclic amines) is 1. The van der Waals surface area contributed by atoms with Crippen molar-refractivity contribution >= 4 is 17.7 Å². The number of nitrogens with two attached hydrogens (primary N) is 1. The lowest BCUT2D eigenvalue weighted by Crippen LogP contribution is -2.53. The van der Waals surface area contributed by atoms with Crippen molar-refractivity contribution in [1.82, 2.24) is 15.1 Å². The third kappa shape index (κ3) is 6.29. The molecule has 2 aliphatic rings. The summed E-state index contributed by atoms with van der Waals surface area (Å²) in [5.74, 6) is -0.0780. The Kier molecular flexibility index (Phi) is 8.07. The molecule has 7 nitrogen and oxygen atoms in total. The van der Waals surface area contributed by atoms with Crippen molar-refractivity contribution in [3.63, 3.8) is 0 Å². The molecule has 0 aromatic heterocycles. The van der Waals surface area contributed by atoms with Crippen molar-refractivity contribution in [3.05, 3.63) is 35.4 Å². The molecule has 0 aliphatic carbocycles. The summed E-state index contributed by atoms with van der Waals surface area (Å²) < 4.78 is 0. The van der Waals surface area contributed by atoms with Crippen LogP contribution in [0.1, 0.15) is 50.7 Å². The Morgan fingerprint density at radius 2 is 1.94 bits per heavy atom. The van der Waals surface area contributed by atoms with Gasteiger partial charge in [0, 0.05) is 32.5 Å². The van der Waals surface area contributed by atoms with E-state index in [0.717, 1.165) is 43.5 Å². The number of nitrogens with one attached hydrogen (secondary N) is 1. The van der Waals surface area contributed by atoms with Gasteiger partial charge in [-0.15, -0.1) is 0 Å². The minimum atomic E-state index is -0.463. The maximum atomic E-state index is 13.0. The van der Waals surface area contributed by atoms with E-state index in [0.29, 0.717) is 32.5 Å². The summed E-state index contributed by atoms with van der Waals surface area (Å²) in [6, 6.07) is 7.59. The van der Waals surface area contributed by atoms with Crippen molar-refractivity contribution in [1.29, 1.82) is 0 Å². The minimum absolute atomic E-state index is 0.0375. The van der Waals surface area contributed by atoms with E-state index < -0.39 is 6.04 Å². The van der Waals surface area contributed by atoms with Gasteiger partial charge in [-0.3, -0.25) is 14.4 Å². The lowest BCUT2D eigenvalue weighted by atomic mass is 9.92. The van der Waals surface area contributed by atoms with Gasteiger partial charge in [0.25, 0.3) is 0 Å². The second kappa shape index (κ2) is 10.8. The van der Waals surface area contributed by atoms with Crippen LogP contribution in [0, 0.1) is 11.8 Å². The number of hydrogen-bond donors (Lipinski definition) is 2. The third-order valence-corrected chi connectivity index (χ3v) is 6.31. The largest absolute Gasteiger partial charge is 0.369 e. The molecule has 1 saturated heterocycles. The van der Waals surface area contributed by atoms with Crippen molar-refractivity contribution in [3.8, 4) is 0 Å². The molecule has 0 saturated carbocycles. The zero-order chi connectivity index (χ0) is 22.4. The number of hydrogen-bond acceptors (Lipinski definition) is 4. The smallest absolute Gasteiger partial charge is 0.243 e. The highest BCUT2D eigenvalue weighted by atomic mass is 16.2. The van der Waals surface area contributed by atoms with Crippen LogP contribution in [0.5, 0.6) is 0 Å². The van der Waals surface area contributed by atoms with E-state index in [9.17, 15) is 14.4 Å². The topological polar surface area (TPSA) is 95.7 Å². The van der Waals surface area contributed by atoms with Gasteiger partial charge in [-0.1, -0.05) is 38.1 Å². The zero-order valence-electron chi connectivity index (χ0n) is 18.8. The zero-order valence-corrected chi connectivity index (χ0v) is 18.8. The predicted molar refractivity (Wildman–Crippen MR) is 120 cm³/mol. The molecule has 7 heteroatoms. The molecule has 31 heavy (non-hydrogen) atoms. The fourth-order valence-electron chi connectivity index (χ4n) is 4.61. The molecule has 3 amide bonds. The van der Waals surface area contributed by atoms with Crippen LogP contribution in [-0.2, 0) is 27.3 Å². The molecule has 3 N–H and O–H groups in total. The normalized spacial score (nSPS) is 21.6. The molecule has 2 aliphatic heterocycles. The molecule has 0 spiro atoms. The van der Waals surface area contributed by atoms with Crippen LogP contribution in [0.2, 0.25) is 0 Å². The number of carbonyl (C=O) groups is 3. The van der Waals surface area contributed by atoms with E-state index >= 15 is 0 Å². The van der Waals surface area contributed by atoms with Gasteiger partial charge in [0.15, 0.2) is 0 Å². The van der Waals surface area contributed by atoms with E-state index in [4.69, 9.17) is 5.73 Å². The van der Waals surface area contributed by atoms with Gasteiger partial charge in [-0.2, -0.15) is 0 Å². The highest BCUT2D eigenvalue weighted by Crippen LogP contribution is 2.25. The number of fused-ring (bicyclic) bond motifs is 1. The fraction of sp³-hybridized carbons (Fsp3) is 0.625. The molecular weight excluding hydrogens is 392 g/mol. The number of amides is 3. The lowest BCUT2D eigenvalue weighted by molar-refractivity contribution is -0.142. The van der Waals surface area contributed by atoms with Crippen molar-refractivity contribution in [2.75, 3.05) is 26.2 Å². The van der Waals surface area contributed by atoms with Crippen LogP contribution in [0.3, 0.4) is 0 Å². The van der Waals surface area contributed by atoms with Gasteiger partial charge >= 0.3 is 0 Å². The predicted octanol–water partition coefficient (Wildman–Crippen LogP) is 1.69. The molecule has 1 fully saturated rings. The first-order valence-corrected chi connectivity index (χ1v) is 11.5. The number of rotatable bonds is 8.